The molecular formula is C22H20N2OS. The molecule has 0 fully saturated rings. The van der Waals surface area contributed by atoms with Crippen molar-refractivity contribution in [2.45, 2.75) is 19.4 Å². The molecule has 3 aromatic rings. The Morgan fingerprint density at radius 2 is 2.00 bits per heavy atom. The van der Waals surface area contributed by atoms with E-state index in [1.807, 2.05) is 29.4 Å². The second-order valence-corrected chi connectivity index (χ2v) is 7.88. The molecule has 0 radical (unpaired) electrons. The van der Waals surface area contributed by atoms with Crippen LogP contribution in [0.5, 0.6) is 0 Å². The number of nitrogens with zero attached hydrogens (tertiary/aromatic N) is 2. The highest BCUT2D eigenvalue weighted by Gasteiger charge is 2.31. The average molecular weight is 360 g/mol. The standard InChI is InChI=1S/C22H20N2OS/c1-3-22(25)24-13-20(19-12-15(2)26-21(19)14-24)18-7-5-4-6-17(18)16-8-10-23-11-9-16/h3-12,20H,1,13-14H2,2H3/t20-/m0/s1. The van der Waals surface area contributed by atoms with E-state index in [-0.39, 0.29) is 11.8 Å². The quantitative estimate of drug-likeness (QED) is 0.630. The summed E-state index contributed by atoms with van der Waals surface area (Å²) in [5.41, 5.74) is 4.94. The van der Waals surface area contributed by atoms with Gasteiger partial charge in [0.05, 0.1) is 6.54 Å². The maximum Gasteiger partial charge on any atom is 0.246 e. The molecule has 1 atom stereocenters. The van der Waals surface area contributed by atoms with Gasteiger partial charge < -0.3 is 4.90 Å². The Kier molecular flexibility index (Phi) is 4.43. The highest BCUT2D eigenvalue weighted by molar-refractivity contribution is 7.12. The molecule has 0 saturated heterocycles. The summed E-state index contributed by atoms with van der Waals surface area (Å²) in [4.78, 5) is 20.9. The smallest absolute Gasteiger partial charge is 0.246 e. The fourth-order valence-electron chi connectivity index (χ4n) is 3.72. The Bertz CT molecular complexity index is 961. The van der Waals surface area contributed by atoms with E-state index in [1.54, 1.807) is 11.3 Å². The third-order valence-corrected chi connectivity index (χ3v) is 5.94. The minimum atomic E-state index is -0.00639. The zero-order valence-electron chi connectivity index (χ0n) is 14.7. The Labute approximate surface area is 157 Å². The summed E-state index contributed by atoms with van der Waals surface area (Å²) in [7, 11) is 0. The van der Waals surface area contributed by atoms with E-state index in [2.05, 4.69) is 48.8 Å². The average Bonchev–Trinajstić information content (AvgIpc) is 3.07. The maximum absolute atomic E-state index is 12.3. The number of aromatic nitrogens is 1. The molecule has 0 N–H and O–H groups in total. The predicted octanol–water partition coefficient (Wildman–Crippen LogP) is 4.78. The molecule has 1 aromatic carbocycles. The van der Waals surface area contributed by atoms with Crippen LogP contribution in [0.4, 0.5) is 0 Å². The number of hydrogen-bond donors (Lipinski definition) is 0. The summed E-state index contributed by atoms with van der Waals surface area (Å²) in [6.07, 6.45) is 5.05. The second-order valence-electron chi connectivity index (χ2n) is 6.53. The minimum absolute atomic E-state index is 0.00639. The zero-order chi connectivity index (χ0) is 18.1. The van der Waals surface area contributed by atoms with E-state index >= 15 is 0 Å². The van der Waals surface area contributed by atoms with Crippen molar-refractivity contribution in [3.05, 3.63) is 88.4 Å². The van der Waals surface area contributed by atoms with Crippen molar-refractivity contribution >= 4 is 17.2 Å². The third kappa shape index (κ3) is 2.97. The van der Waals surface area contributed by atoms with Crippen LogP contribution in [0.3, 0.4) is 0 Å². The lowest BCUT2D eigenvalue weighted by molar-refractivity contribution is -0.127. The van der Waals surface area contributed by atoms with Gasteiger partial charge in [-0.2, -0.15) is 0 Å². The van der Waals surface area contributed by atoms with E-state index in [1.165, 1.54) is 32.5 Å². The van der Waals surface area contributed by atoms with Crippen LogP contribution in [-0.4, -0.2) is 22.3 Å². The molecule has 3 heterocycles. The molecule has 0 aliphatic carbocycles. The first kappa shape index (κ1) is 16.7. The largest absolute Gasteiger partial charge is 0.333 e. The number of thiophene rings is 1. The fourth-order valence-corrected chi connectivity index (χ4v) is 4.83. The van der Waals surface area contributed by atoms with E-state index in [4.69, 9.17) is 0 Å². The van der Waals surface area contributed by atoms with Gasteiger partial charge in [-0.3, -0.25) is 9.78 Å². The molecule has 3 nitrogen and oxygen atoms in total. The van der Waals surface area contributed by atoms with Gasteiger partial charge in [0, 0.05) is 34.6 Å². The van der Waals surface area contributed by atoms with Crippen LogP contribution >= 0.6 is 11.3 Å². The summed E-state index contributed by atoms with van der Waals surface area (Å²) in [5, 5.41) is 0. The Morgan fingerprint density at radius 3 is 2.77 bits per heavy atom. The van der Waals surface area contributed by atoms with Crippen molar-refractivity contribution in [1.82, 2.24) is 9.88 Å². The van der Waals surface area contributed by atoms with E-state index in [9.17, 15) is 4.79 Å². The topological polar surface area (TPSA) is 33.2 Å². The lowest BCUT2D eigenvalue weighted by Crippen LogP contribution is -2.37. The molecule has 0 unspecified atom stereocenters. The summed E-state index contributed by atoms with van der Waals surface area (Å²) in [6.45, 7) is 7.15. The fraction of sp³-hybridized carbons (Fsp3) is 0.182. The first-order valence-electron chi connectivity index (χ1n) is 8.67. The first-order valence-corrected chi connectivity index (χ1v) is 9.49. The Balaban J connectivity index is 1.84. The van der Waals surface area contributed by atoms with Crippen LogP contribution in [0.2, 0.25) is 0 Å². The molecular weight excluding hydrogens is 340 g/mol. The highest BCUT2D eigenvalue weighted by Crippen LogP contribution is 2.41. The summed E-state index contributed by atoms with van der Waals surface area (Å²) < 4.78 is 0. The van der Waals surface area contributed by atoms with E-state index in [0.29, 0.717) is 13.1 Å². The molecule has 130 valence electrons. The number of hydrogen-bond acceptors (Lipinski definition) is 3. The van der Waals surface area contributed by atoms with Gasteiger partial charge in [-0.1, -0.05) is 30.8 Å². The van der Waals surface area contributed by atoms with Gasteiger partial charge in [-0.05, 0) is 53.5 Å². The molecule has 4 heteroatoms. The zero-order valence-corrected chi connectivity index (χ0v) is 15.5. The molecule has 0 bridgehead atoms. The number of pyridine rings is 1. The van der Waals surface area contributed by atoms with Crippen LogP contribution in [0.1, 0.15) is 26.8 Å². The Hall–Kier alpha value is -2.72. The van der Waals surface area contributed by atoms with Gasteiger partial charge >= 0.3 is 0 Å². The summed E-state index contributed by atoms with van der Waals surface area (Å²) in [5.74, 6) is 0.157. The van der Waals surface area contributed by atoms with E-state index < -0.39 is 0 Å². The van der Waals surface area contributed by atoms with Crippen LogP contribution in [0, 0.1) is 6.92 Å². The second kappa shape index (κ2) is 6.89. The van der Waals surface area contributed by atoms with Crippen molar-refractivity contribution in [1.29, 1.82) is 0 Å². The monoisotopic (exact) mass is 360 g/mol. The lowest BCUT2D eigenvalue weighted by atomic mass is 9.84. The molecule has 1 aliphatic rings. The van der Waals surface area contributed by atoms with Crippen molar-refractivity contribution in [3.63, 3.8) is 0 Å². The molecule has 0 spiro atoms. The normalized spacial score (nSPS) is 16.2. The van der Waals surface area contributed by atoms with Gasteiger partial charge in [0.2, 0.25) is 5.91 Å². The van der Waals surface area contributed by atoms with Crippen LogP contribution in [0.15, 0.2) is 67.5 Å². The van der Waals surface area contributed by atoms with E-state index in [0.717, 1.165) is 5.56 Å². The van der Waals surface area contributed by atoms with Crippen molar-refractivity contribution in [3.8, 4) is 11.1 Å². The molecule has 1 amide bonds. The first-order chi connectivity index (χ1) is 12.7. The molecule has 0 saturated carbocycles. The van der Waals surface area contributed by atoms with Crippen molar-refractivity contribution < 1.29 is 4.79 Å². The van der Waals surface area contributed by atoms with Gasteiger partial charge in [-0.15, -0.1) is 11.3 Å². The van der Waals surface area contributed by atoms with Gasteiger partial charge in [0.15, 0.2) is 0 Å². The molecule has 26 heavy (non-hydrogen) atoms. The third-order valence-electron chi connectivity index (χ3n) is 4.89. The minimum Gasteiger partial charge on any atom is -0.333 e. The number of benzene rings is 1. The molecule has 4 rings (SSSR count). The van der Waals surface area contributed by atoms with Gasteiger partial charge in [0.25, 0.3) is 0 Å². The Morgan fingerprint density at radius 1 is 1.23 bits per heavy atom. The molecule has 1 aliphatic heterocycles. The number of rotatable bonds is 3. The van der Waals surface area contributed by atoms with Gasteiger partial charge in [-0.25, -0.2) is 0 Å². The van der Waals surface area contributed by atoms with Crippen molar-refractivity contribution in [2.24, 2.45) is 0 Å². The van der Waals surface area contributed by atoms with Gasteiger partial charge in [0.1, 0.15) is 0 Å². The SMILES string of the molecule is C=CC(=O)N1Cc2sc(C)cc2[C@H](c2ccccc2-c2ccncc2)C1. The summed E-state index contributed by atoms with van der Waals surface area (Å²) >= 11 is 1.78. The number of amides is 1. The number of fused-ring (bicyclic) bond motifs is 1. The van der Waals surface area contributed by atoms with Crippen molar-refractivity contribution in [2.75, 3.05) is 6.54 Å². The molecule has 2 aromatic heterocycles. The predicted molar refractivity (Wildman–Crippen MR) is 106 cm³/mol. The maximum atomic E-state index is 12.3. The van der Waals surface area contributed by atoms with Crippen LogP contribution in [0.25, 0.3) is 11.1 Å². The lowest BCUT2D eigenvalue weighted by Gasteiger charge is -2.33. The summed E-state index contributed by atoms with van der Waals surface area (Å²) in [6, 6.07) is 14.8. The van der Waals surface area contributed by atoms with Crippen LogP contribution < -0.4 is 0 Å². The number of aryl methyl sites for hydroxylation is 1. The number of carbonyl (C=O) groups is 1. The number of carbonyl (C=O) groups excluding carboxylic acids is 1. The highest BCUT2D eigenvalue weighted by atomic mass is 32.1. The van der Waals surface area contributed by atoms with Crippen LogP contribution in [-0.2, 0) is 11.3 Å².